The summed E-state index contributed by atoms with van der Waals surface area (Å²) in [5, 5.41) is 10.2. The van der Waals surface area contributed by atoms with Crippen LogP contribution in [-0.2, 0) is 0 Å². The molecule has 1 fully saturated rings. The Bertz CT molecular complexity index is 426. The molecule has 1 heterocycles. The first-order chi connectivity index (χ1) is 8.61. The number of halogens is 1. The van der Waals surface area contributed by atoms with E-state index in [1.165, 1.54) is 0 Å². The average Bonchev–Trinajstić information content (AvgIpc) is 2.39. The maximum absolute atomic E-state index is 11.0. The van der Waals surface area contributed by atoms with E-state index in [2.05, 4.69) is 4.90 Å². The van der Waals surface area contributed by atoms with Gasteiger partial charge in [-0.05, 0) is 43.9 Å². The van der Waals surface area contributed by atoms with Gasteiger partial charge >= 0.3 is 0 Å². The zero-order chi connectivity index (χ0) is 13.1. The smallest absolute Gasteiger partial charge is 0.152 e. The molecule has 4 heteroatoms. The van der Waals surface area contributed by atoms with Crippen LogP contribution in [0.25, 0.3) is 0 Å². The van der Waals surface area contributed by atoms with Crippen LogP contribution in [0.2, 0.25) is 5.02 Å². The number of anilines is 1. The molecule has 0 radical (unpaired) electrons. The van der Waals surface area contributed by atoms with E-state index >= 15 is 0 Å². The third kappa shape index (κ3) is 2.85. The van der Waals surface area contributed by atoms with Crippen LogP contribution in [0.4, 0.5) is 5.69 Å². The minimum atomic E-state index is -0.253. The molecule has 2 rings (SSSR count). The summed E-state index contributed by atoms with van der Waals surface area (Å²) in [7, 11) is 0. The first kappa shape index (κ1) is 13.4. The maximum atomic E-state index is 11.0. The Kier molecular flexibility index (Phi) is 4.25. The van der Waals surface area contributed by atoms with E-state index in [1.807, 2.05) is 13.0 Å². The summed E-state index contributed by atoms with van der Waals surface area (Å²) in [6.45, 7) is 3.56. The van der Waals surface area contributed by atoms with Crippen LogP contribution in [0.5, 0.6) is 0 Å². The Morgan fingerprint density at radius 2 is 2.11 bits per heavy atom. The summed E-state index contributed by atoms with van der Waals surface area (Å²) in [4.78, 5) is 13.2. The number of aldehydes is 1. The van der Waals surface area contributed by atoms with E-state index in [-0.39, 0.29) is 6.10 Å². The molecule has 1 aromatic carbocycles. The summed E-state index contributed by atoms with van der Waals surface area (Å²) >= 11 is 5.99. The molecular formula is C14H18ClNO2. The summed E-state index contributed by atoms with van der Waals surface area (Å²) in [6, 6.07) is 5.33. The van der Waals surface area contributed by atoms with E-state index < -0.39 is 0 Å². The molecule has 1 N–H and O–H groups in total. The largest absolute Gasteiger partial charge is 0.393 e. The fourth-order valence-corrected chi connectivity index (χ4v) is 2.68. The SMILES string of the molecule is CC(O)C1CCN(c2cc(Cl)ccc2C=O)CC1. The second-order valence-electron chi connectivity index (χ2n) is 4.89. The summed E-state index contributed by atoms with van der Waals surface area (Å²) in [5.41, 5.74) is 1.58. The first-order valence-corrected chi connectivity index (χ1v) is 6.67. The molecule has 0 spiro atoms. The van der Waals surface area contributed by atoms with Crippen molar-refractivity contribution in [2.75, 3.05) is 18.0 Å². The fourth-order valence-electron chi connectivity index (χ4n) is 2.51. The average molecular weight is 268 g/mol. The number of hydrogen-bond acceptors (Lipinski definition) is 3. The fraction of sp³-hybridized carbons (Fsp3) is 0.500. The summed E-state index contributed by atoms with van der Waals surface area (Å²) in [6.07, 6.45) is 2.51. The molecule has 18 heavy (non-hydrogen) atoms. The van der Waals surface area contributed by atoms with Crippen molar-refractivity contribution in [1.82, 2.24) is 0 Å². The quantitative estimate of drug-likeness (QED) is 0.856. The Morgan fingerprint density at radius 1 is 1.44 bits per heavy atom. The molecule has 0 bridgehead atoms. The van der Waals surface area contributed by atoms with Gasteiger partial charge in [0.15, 0.2) is 6.29 Å². The van der Waals surface area contributed by atoms with Crippen LogP contribution in [-0.4, -0.2) is 30.6 Å². The van der Waals surface area contributed by atoms with Crippen molar-refractivity contribution in [3.63, 3.8) is 0 Å². The molecule has 1 aliphatic rings. The molecule has 1 atom stereocenters. The van der Waals surface area contributed by atoms with E-state index in [1.54, 1.807) is 12.1 Å². The van der Waals surface area contributed by atoms with Crippen molar-refractivity contribution in [3.8, 4) is 0 Å². The highest BCUT2D eigenvalue weighted by Gasteiger charge is 2.23. The van der Waals surface area contributed by atoms with Gasteiger partial charge in [0.05, 0.1) is 6.10 Å². The van der Waals surface area contributed by atoms with Gasteiger partial charge in [0.25, 0.3) is 0 Å². The minimum Gasteiger partial charge on any atom is -0.393 e. The van der Waals surface area contributed by atoms with Gasteiger partial charge in [0.2, 0.25) is 0 Å². The van der Waals surface area contributed by atoms with Gasteiger partial charge in [-0.15, -0.1) is 0 Å². The van der Waals surface area contributed by atoms with E-state index in [0.717, 1.165) is 37.9 Å². The molecule has 98 valence electrons. The number of carbonyl (C=O) groups excluding carboxylic acids is 1. The standard InChI is InChI=1S/C14H18ClNO2/c1-10(18)11-4-6-16(7-5-11)14-8-13(15)3-2-12(14)9-17/h2-3,8-11,18H,4-7H2,1H3. The van der Waals surface area contributed by atoms with Crippen molar-refractivity contribution < 1.29 is 9.90 Å². The third-order valence-electron chi connectivity index (χ3n) is 3.68. The molecule has 1 aliphatic heterocycles. The van der Waals surface area contributed by atoms with E-state index in [9.17, 15) is 9.90 Å². The predicted octanol–water partition coefficient (Wildman–Crippen LogP) is 2.75. The second-order valence-corrected chi connectivity index (χ2v) is 5.32. The van der Waals surface area contributed by atoms with Crippen LogP contribution >= 0.6 is 11.6 Å². The molecule has 1 saturated heterocycles. The Hall–Kier alpha value is -1.06. The van der Waals surface area contributed by atoms with Crippen molar-refractivity contribution in [2.24, 2.45) is 5.92 Å². The predicted molar refractivity (Wildman–Crippen MR) is 73.5 cm³/mol. The lowest BCUT2D eigenvalue weighted by atomic mass is 9.91. The second kappa shape index (κ2) is 5.72. The molecule has 0 amide bonds. The Labute approximate surface area is 112 Å². The lowest BCUT2D eigenvalue weighted by Gasteiger charge is -2.35. The molecule has 3 nitrogen and oxygen atoms in total. The van der Waals surface area contributed by atoms with Crippen LogP contribution in [0.3, 0.4) is 0 Å². The van der Waals surface area contributed by atoms with Gasteiger partial charge < -0.3 is 10.0 Å². The highest BCUT2D eigenvalue weighted by atomic mass is 35.5. The number of nitrogens with zero attached hydrogens (tertiary/aromatic N) is 1. The van der Waals surface area contributed by atoms with Gasteiger partial charge in [0, 0.05) is 29.4 Å². The van der Waals surface area contributed by atoms with Crippen molar-refractivity contribution in [1.29, 1.82) is 0 Å². The zero-order valence-corrected chi connectivity index (χ0v) is 11.2. The van der Waals surface area contributed by atoms with E-state index in [0.29, 0.717) is 16.5 Å². The highest BCUT2D eigenvalue weighted by Crippen LogP contribution is 2.29. The van der Waals surface area contributed by atoms with Gasteiger partial charge in [-0.3, -0.25) is 4.79 Å². The van der Waals surface area contributed by atoms with Crippen LogP contribution in [0.1, 0.15) is 30.1 Å². The normalized spacial score (nSPS) is 18.7. The zero-order valence-electron chi connectivity index (χ0n) is 10.5. The van der Waals surface area contributed by atoms with Crippen molar-refractivity contribution in [2.45, 2.75) is 25.9 Å². The highest BCUT2D eigenvalue weighted by molar-refractivity contribution is 6.31. The van der Waals surface area contributed by atoms with Gasteiger partial charge in [-0.1, -0.05) is 11.6 Å². The Balaban J connectivity index is 2.14. The number of piperidine rings is 1. The molecule has 0 aliphatic carbocycles. The van der Waals surface area contributed by atoms with Crippen LogP contribution < -0.4 is 4.90 Å². The summed E-state index contributed by atoms with van der Waals surface area (Å²) < 4.78 is 0. The van der Waals surface area contributed by atoms with Gasteiger partial charge in [0.1, 0.15) is 0 Å². The number of hydrogen-bond donors (Lipinski definition) is 1. The van der Waals surface area contributed by atoms with Crippen molar-refractivity contribution >= 4 is 23.6 Å². The number of aliphatic hydroxyl groups excluding tert-OH is 1. The number of benzene rings is 1. The number of carbonyl (C=O) groups is 1. The molecular weight excluding hydrogens is 250 g/mol. The lowest BCUT2D eigenvalue weighted by Crippen LogP contribution is -2.37. The number of rotatable bonds is 3. The van der Waals surface area contributed by atoms with E-state index in [4.69, 9.17) is 11.6 Å². The monoisotopic (exact) mass is 267 g/mol. The molecule has 0 saturated carbocycles. The van der Waals surface area contributed by atoms with Crippen LogP contribution in [0.15, 0.2) is 18.2 Å². The topological polar surface area (TPSA) is 40.5 Å². The molecule has 1 unspecified atom stereocenters. The van der Waals surface area contributed by atoms with Crippen molar-refractivity contribution in [3.05, 3.63) is 28.8 Å². The lowest BCUT2D eigenvalue weighted by molar-refractivity contribution is 0.109. The van der Waals surface area contributed by atoms with Crippen LogP contribution in [0, 0.1) is 5.92 Å². The van der Waals surface area contributed by atoms with Gasteiger partial charge in [-0.2, -0.15) is 0 Å². The minimum absolute atomic E-state index is 0.253. The summed E-state index contributed by atoms with van der Waals surface area (Å²) in [5.74, 6) is 0.361. The first-order valence-electron chi connectivity index (χ1n) is 6.29. The Morgan fingerprint density at radius 3 is 2.67 bits per heavy atom. The molecule has 0 aromatic heterocycles. The van der Waals surface area contributed by atoms with Gasteiger partial charge in [-0.25, -0.2) is 0 Å². The maximum Gasteiger partial charge on any atom is 0.152 e. The number of aliphatic hydroxyl groups is 1. The molecule has 1 aromatic rings. The third-order valence-corrected chi connectivity index (χ3v) is 3.92.